The second-order valence-electron chi connectivity index (χ2n) is 6.00. The molecule has 1 aromatic carbocycles. The molecule has 0 spiro atoms. The standard InChI is InChI=1S/C17H22N4O5/c1-10(2)18-16(23)17(24)21-20-11(3)8-15(22)19-12-4-5-13-14(9-12)26-7-6-25-13/h4-5,9-10H,6-8H2,1-3H3,(H,18,23)(H,19,22)(H,21,24)/b20-11+. The number of hydrogen-bond donors (Lipinski definition) is 3. The summed E-state index contributed by atoms with van der Waals surface area (Å²) in [5, 5.41) is 8.91. The Labute approximate surface area is 151 Å². The quantitative estimate of drug-likeness (QED) is 0.407. The zero-order chi connectivity index (χ0) is 19.1. The number of ether oxygens (including phenoxy) is 2. The number of rotatable bonds is 5. The number of benzene rings is 1. The summed E-state index contributed by atoms with van der Waals surface area (Å²) in [5.41, 5.74) is 3.03. The van der Waals surface area contributed by atoms with Gasteiger partial charge in [0, 0.05) is 23.5 Å². The lowest BCUT2D eigenvalue weighted by atomic mass is 10.2. The van der Waals surface area contributed by atoms with Gasteiger partial charge in [0.1, 0.15) is 13.2 Å². The molecule has 0 fully saturated rings. The molecule has 9 nitrogen and oxygen atoms in total. The van der Waals surface area contributed by atoms with Gasteiger partial charge in [-0.15, -0.1) is 0 Å². The Hall–Kier alpha value is -3.10. The number of carbonyl (C=O) groups is 3. The number of fused-ring (bicyclic) bond motifs is 1. The number of hydrogen-bond acceptors (Lipinski definition) is 6. The number of nitrogens with zero attached hydrogens (tertiary/aromatic N) is 1. The Kier molecular flexibility index (Phi) is 6.54. The summed E-state index contributed by atoms with van der Waals surface area (Å²) < 4.78 is 10.9. The van der Waals surface area contributed by atoms with Gasteiger partial charge in [-0.25, -0.2) is 5.43 Å². The van der Waals surface area contributed by atoms with Crippen LogP contribution >= 0.6 is 0 Å². The zero-order valence-electron chi connectivity index (χ0n) is 14.9. The lowest BCUT2D eigenvalue weighted by Crippen LogP contribution is -2.41. The molecule has 0 aliphatic carbocycles. The second-order valence-corrected chi connectivity index (χ2v) is 6.00. The number of nitrogens with one attached hydrogen (secondary N) is 3. The fraction of sp³-hybridized carbons (Fsp3) is 0.412. The largest absolute Gasteiger partial charge is 0.486 e. The lowest BCUT2D eigenvalue weighted by Gasteiger charge is -2.19. The Bertz CT molecular complexity index is 730. The summed E-state index contributed by atoms with van der Waals surface area (Å²) in [6.45, 7) is 6.00. The molecule has 3 amide bonds. The first-order chi connectivity index (χ1) is 12.3. The molecule has 0 saturated heterocycles. The van der Waals surface area contributed by atoms with Gasteiger partial charge >= 0.3 is 11.8 Å². The molecule has 0 saturated carbocycles. The molecule has 0 aromatic heterocycles. The van der Waals surface area contributed by atoms with Crippen LogP contribution < -0.4 is 25.5 Å². The van der Waals surface area contributed by atoms with Gasteiger partial charge < -0.3 is 20.1 Å². The first kappa shape index (κ1) is 19.2. The van der Waals surface area contributed by atoms with E-state index in [1.807, 2.05) is 0 Å². The minimum Gasteiger partial charge on any atom is -0.486 e. The summed E-state index contributed by atoms with van der Waals surface area (Å²) in [6.07, 6.45) is -0.0411. The van der Waals surface area contributed by atoms with Gasteiger partial charge in [-0.2, -0.15) is 5.10 Å². The smallest absolute Gasteiger partial charge is 0.329 e. The molecule has 3 N–H and O–H groups in total. The van der Waals surface area contributed by atoms with E-state index in [-0.39, 0.29) is 18.4 Å². The number of anilines is 1. The first-order valence-corrected chi connectivity index (χ1v) is 8.18. The monoisotopic (exact) mass is 362 g/mol. The maximum atomic E-state index is 12.1. The summed E-state index contributed by atoms with van der Waals surface area (Å²) >= 11 is 0. The average Bonchev–Trinajstić information content (AvgIpc) is 2.58. The van der Waals surface area contributed by atoms with Crippen molar-refractivity contribution >= 4 is 29.1 Å². The van der Waals surface area contributed by atoms with Crippen molar-refractivity contribution in [3.05, 3.63) is 18.2 Å². The van der Waals surface area contributed by atoms with E-state index in [2.05, 4.69) is 21.2 Å². The molecule has 0 unspecified atom stereocenters. The van der Waals surface area contributed by atoms with Crippen LogP contribution in [0, 0.1) is 0 Å². The van der Waals surface area contributed by atoms with Gasteiger partial charge in [0.2, 0.25) is 5.91 Å². The van der Waals surface area contributed by atoms with E-state index in [4.69, 9.17) is 9.47 Å². The highest BCUT2D eigenvalue weighted by Gasteiger charge is 2.15. The van der Waals surface area contributed by atoms with E-state index >= 15 is 0 Å². The van der Waals surface area contributed by atoms with E-state index in [0.717, 1.165) is 0 Å². The van der Waals surface area contributed by atoms with E-state index < -0.39 is 11.8 Å². The molecule has 9 heteroatoms. The summed E-state index contributed by atoms with van der Waals surface area (Å²) in [6, 6.07) is 4.95. The minimum absolute atomic E-state index is 0.0411. The third-order valence-corrected chi connectivity index (χ3v) is 3.22. The van der Waals surface area contributed by atoms with Crippen LogP contribution in [-0.2, 0) is 14.4 Å². The van der Waals surface area contributed by atoms with E-state index in [9.17, 15) is 14.4 Å². The predicted octanol–water partition coefficient (Wildman–Crippen LogP) is 0.803. The molecule has 2 rings (SSSR count). The number of amides is 3. The van der Waals surface area contributed by atoms with Crippen molar-refractivity contribution in [1.29, 1.82) is 0 Å². The third-order valence-electron chi connectivity index (χ3n) is 3.22. The van der Waals surface area contributed by atoms with Gasteiger partial charge in [0.25, 0.3) is 0 Å². The third kappa shape index (κ3) is 5.76. The van der Waals surface area contributed by atoms with Gasteiger partial charge in [-0.1, -0.05) is 0 Å². The highest BCUT2D eigenvalue weighted by molar-refractivity contribution is 6.35. The van der Waals surface area contributed by atoms with E-state index in [1.165, 1.54) is 0 Å². The van der Waals surface area contributed by atoms with Crippen LogP contribution in [0.5, 0.6) is 11.5 Å². The van der Waals surface area contributed by atoms with Crippen LogP contribution in [0.4, 0.5) is 5.69 Å². The first-order valence-electron chi connectivity index (χ1n) is 8.18. The van der Waals surface area contributed by atoms with Crippen molar-refractivity contribution in [1.82, 2.24) is 10.7 Å². The summed E-state index contributed by atoms with van der Waals surface area (Å²) in [4.78, 5) is 35.1. The minimum atomic E-state index is -0.884. The molecule has 0 atom stereocenters. The van der Waals surface area contributed by atoms with Gasteiger partial charge in [-0.05, 0) is 32.9 Å². The van der Waals surface area contributed by atoms with Crippen molar-refractivity contribution in [2.75, 3.05) is 18.5 Å². The Morgan fingerprint density at radius 2 is 1.81 bits per heavy atom. The van der Waals surface area contributed by atoms with Crippen molar-refractivity contribution in [3.8, 4) is 11.5 Å². The molecule has 1 aliphatic heterocycles. The Morgan fingerprint density at radius 3 is 2.50 bits per heavy atom. The number of carbonyl (C=O) groups excluding carboxylic acids is 3. The van der Waals surface area contributed by atoms with Gasteiger partial charge in [-0.3, -0.25) is 14.4 Å². The molecule has 0 radical (unpaired) electrons. The van der Waals surface area contributed by atoms with Gasteiger partial charge in [0.05, 0.1) is 6.42 Å². The van der Waals surface area contributed by atoms with E-state index in [1.54, 1.807) is 39.0 Å². The van der Waals surface area contributed by atoms with Crippen LogP contribution in [0.1, 0.15) is 27.2 Å². The van der Waals surface area contributed by atoms with E-state index in [0.29, 0.717) is 36.1 Å². The SMILES string of the molecule is C/C(CC(=O)Nc1ccc2c(c1)OCCO2)=N\NC(=O)C(=O)NC(C)C. The molecule has 1 heterocycles. The topological polar surface area (TPSA) is 118 Å². The molecule has 1 aromatic rings. The predicted molar refractivity (Wildman–Crippen MR) is 95.2 cm³/mol. The van der Waals surface area contributed by atoms with Crippen molar-refractivity contribution in [2.45, 2.75) is 33.2 Å². The van der Waals surface area contributed by atoms with Crippen LogP contribution in [0.15, 0.2) is 23.3 Å². The fourth-order valence-corrected chi connectivity index (χ4v) is 2.12. The molecule has 1 aliphatic rings. The van der Waals surface area contributed by atoms with Crippen molar-refractivity contribution < 1.29 is 23.9 Å². The van der Waals surface area contributed by atoms with Crippen LogP contribution in [0.25, 0.3) is 0 Å². The Balaban J connectivity index is 1.85. The molecule has 26 heavy (non-hydrogen) atoms. The maximum absolute atomic E-state index is 12.1. The van der Waals surface area contributed by atoms with Crippen LogP contribution in [0.2, 0.25) is 0 Å². The van der Waals surface area contributed by atoms with Crippen molar-refractivity contribution in [3.63, 3.8) is 0 Å². The Morgan fingerprint density at radius 1 is 1.12 bits per heavy atom. The second kappa shape index (κ2) is 8.84. The summed E-state index contributed by atoms with van der Waals surface area (Å²) in [5.74, 6) is -0.774. The maximum Gasteiger partial charge on any atom is 0.329 e. The molecular formula is C17H22N4O5. The molecular weight excluding hydrogens is 340 g/mol. The summed E-state index contributed by atoms with van der Waals surface area (Å²) in [7, 11) is 0. The number of hydrazone groups is 1. The van der Waals surface area contributed by atoms with Gasteiger partial charge in [0.15, 0.2) is 11.5 Å². The molecule has 0 bridgehead atoms. The highest BCUT2D eigenvalue weighted by atomic mass is 16.6. The van der Waals surface area contributed by atoms with Crippen LogP contribution in [0.3, 0.4) is 0 Å². The molecule has 140 valence electrons. The van der Waals surface area contributed by atoms with Crippen molar-refractivity contribution in [2.24, 2.45) is 5.10 Å². The highest BCUT2D eigenvalue weighted by Crippen LogP contribution is 2.32. The average molecular weight is 362 g/mol. The lowest BCUT2D eigenvalue weighted by molar-refractivity contribution is -0.139. The van der Waals surface area contributed by atoms with Crippen LogP contribution in [-0.4, -0.2) is 42.7 Å². The normalized spacial score (nSPS) is 13.2. The zero-order valence-corrected chi connectivity index (χ0v) is 14.9. The fourth-order valence-electron chi connectivity index (χ4n) is 2.12.